The zero-order valence-corrected chi connectivity index (χ0v) is 13.1. The zero-order chi connectivity index (χ0) is 16.0. The molecule has 0 aliphatic rings. The number of benzene rings is 1. The first kappa shape index (κ1) is 17.0. The lowest BCUT2D eigenvalue weighted by molar-refractivity contribution is -0.141. The van der Waals surface area contributed by atoms with E-state index in [1.807, 2.05) is 38.1 Å². The first-order valence-electron chi connectivity index (χ1n) is 7.16. The standard InChI is InChI=1S/C16H24N2O3/c1-5-14(13-8-6-11(2)7-9-13)17-16(21)18(4)10-12(3)15(19)20/h6-9,12,14H,5,10H2,1-4H3,(H,17,21)(H,19,20). The van der Waals surface area contributed by atoms with Crippen LogP contribution in [-0.2, 0) is 4.79 Å². The average molecular weight is 292 g/mol. The summed E-state index contributed by atoms with van der Waals surface area (Å²) in [6, 6.07) is 7.71. The number of hydrogen-bond donors (Lipinski definition) is 2. The first-order valence-corrected chi connectivity index (χ1v) is 7.16. The molecule has 116 valence electrons. The zero-order valence-electron chi connectivity index (χ0n) is 13.1. The first-order chi connectivity index (χ1) is 9.85. The molecule has 2 unspecified atom stereocenters. The summed E-state index contributed by atoms with van der Waals surface area (Å²) in [6.07, 6.45) is 0.775. The number of nitrogens with one attached hydrogen (secondary N) is 1. The summed E-state index contributed by atoms with van der Waals surface area (Å²) < 4.78 is 0. The van der Waals surface area contributed by atoms with E-state index in [4.69, 9.17) is 5.11 Å². The topological polar surface area (TPSA) is 69.6 Å². The van der Waals surface area contributed by atoms with Crippen LogP contribution in [0.25, 0.3) is 0 Å². The molecule has 0 saturated heterocycles. The molecule has 21 heavy (non-hydrogen) atoms. The van der Waals surface area contributed by atoms with E-state index in [1.165, 1.54) is 10.5 Å². The Bertz CT molecular complexity index is 485. The van der Waals surface area contributed by atoms with Crippen LogP contribution in [0.1, 0.15) is 37.4 Å². The molecule has 0 radical (unpaired) electrons. The van der Waals surface area contributed by atoms with Crippen molar-refractivity contribution in [2.45, 2.75) is 33.2 Å². The summed E-state index contributed by atoms with van der Waals surface area (Å²) in [6.45, 7) is 5.80. The summed E-state index contributed by atoms with van der Waals surface area (Å²) in [4.78, 5) is 24.4. The van der Waals surface area contributed by atoms with Crippen LogP contribution >= 0.6 is 0 Å². The fourth-order valence-electron chi connectivity index (χ4n) is 2.05. The van der Waals surface area contributed by atoms with Gasteiger partial charge in [-0.1, -0.05) is 43.7 Å². The summed E-state index contributed by atoms with van der Waals surface area (Å²) >= 11 is 0. The Morgan fingerprint density at radius 1 is 1.29 bits per heavy atom. The SMILES string of the molecule is CCC(NC(=O)N(C)CC(C)C(=O)O)c1ccc(C)cc1. The van der Waals surface area contributed by atoms with Gasteiger partial charge in [0, 0.05) is 13.6 Å². The summed E-state index contributed by atoms with van der Waals surface area (Å²) in [5, 5.41) is 11.8. The molecule has 0 fully saturated rings. The van der Waals surface area contributed by atoms with Crippen LogP contribution in [0.3, 0.4) is 0 Å². The second kappa shape index (κ2) is 7.67. The number of carbonyl (C=O) groups is 2. The van der Waals surface area contributed by atoms with Crippen LogP contribution in [0.4, 0.5) is 4.79 Å². The molecule has 1 rings (SSSR count). The van der Waals surface area contributed by atoms with Gasteiger partial charge in [-0.3, -0.25) is 4.79 Å². The summed E-state index contributed by atoms with van der Waals surface area (Å²) in [5.74, 6) is -1.49. The monoisotopic (exact) mass is 292 g/mol. The molecule has 2 atom stereocenters. The number of aliphatic carboxylic acids is 1. The molecule has 2 N–H and O–H groups in total. The minimum atomic E-state index is -0.903. The van der Waals surface area contributed by atoms with E-state index in [0.29, 0.717) is 0 Å². The van der Waals surface area contributed by atoms with Crippen molar-refractivity contribution in [2.75, 3.05) is 13.6 Å². The van der Waals surface area contributed by atoms with Gasteiger partial charge in [-0.2, -0.15) is 0 Å². The van der Waals surface area contributed by atoms with E-state index in [9.17, 15) is 9.59 Å². The molecule has 0 saturated carbocycles. The lowest BCUT2D eigenvalue weighted by Crippen LogP contribution is -2.42. The summed E-state index contributed by atoms with van der Waals surface area (Å²) in [7, 11) is 1.61. The van der Waals surface area contributed by atoms with Crippen LogP contribution in [-0.4, -0.2) is 35.6 Å². The van der Waals surface area contributed by atoms with Crippen molar-refractivity contribution >= 4 is 12.0 Å². The van der Waals surface area contributed by atoms with Gasteiger partial charge >= 0.3 is 12.0 Å². The number of nitrogens with zero attached hydrogens (tertiary/aromatic N) is 1. The fraction of sp³-hybridized carbons (Fsp3) is 0.500. The van der Waals surface area contributed by atoms with E-state index in [-0.39, 0.29) is 18.6 Å². The van der Waals surface area contributed by atoms with Gasteiger partial charge in [0.25, 0.3) is 0 Å². The number of amides is 2. The number of carboxylic acids is 1. The van der Waals surface area contributed by atoms with Crippen molar-refractivity contribution in [3.63, 3.8) is 0 Å². The van der Waals surface area contributed by atoms with Crippen molar-refractivity contribution in [3.8, 4) is 0 Å². The fourth-order valence-corrected chi connectivity index (χ4v) is 2.05. The molecule has 0 bridgehead atoms. The largest absolute Gasteiger partial charge is 0.481 e. The lowest BCUT2D eigenvalue weighted by Gasteiger charge is -2.24. The Hall–Kier alpha value is -2.04. The van der Waals surface area contributed by atoms with Gasteiger partial charge in [0.1, 0.15) is 0 Å². The number of carboxylic acid groups (broad SMARTS) is 1. The van der Waals surface area contributed by atoms with Gasteiger partial charge in [0.15, 0.2) is 0 Å². The molecule has 5 nitrogen and oxygen atoms in total. The predicted molar refractivity (Wildman–Crippen MR) is 82.2 cm³/mol. The van der Waals surface area contributed by atoms with E-state index in [2.05, 4.69) is 5.32 Å². The third-order valence-corrected chi connectivity index (χ3v) is 3.50. The minimum Gasteiger partial charge on any atom is -0.481 e. The van der Waals surface area contributed by atoms with Crippen LogP contribution < -0.4 is 5.32 Å². The Morgan fingerprint density at radius 2 is 1.86 bits per heavy atom. The third kappa shape index (κ3) is 5.10. The Morgan fingerprint density at radius 3 is 2.33 bits per heavy atom. The highest BCUT2D eigenvalue weighted by Crippen LogP contribution is 2.17. The highest BCUT2D eigenvalue weighted by atomic mass is 16.4. The van der Waals surface area contributed by atoms with E-state index < -0.39 is 11.9 Å². The number of carbonyl (C=O) groups excluding carboxylic acids is 1. The molecule has 0 heterocycles. The molecule has 2 amide bonds. The number of aryl methyl sites for hydroxylation is 1. The van der Waals surface area contributed by atoms with Gasteiger partial charge in [-0.05, 0) is 18.9 Å². The van der Waals surface area contributed by atoms with Crippen LogP contribution in [0.15, 0.2) is 24.3 Å². The molecular weight excluding hydrogens is 268 g/mol. The van der Waals surface area contributed by atoms with Crippen LogP contribution in [0.5, 0.6) is 0 Å². The van der Waals surface area contributed by atoms with Crippen molar-refractivity contribution in [2.24, 2.45) is 5.92 Å². The van der Waals surface area contributed by atoms with Crippen molar-refractivity contribution in [3.05, 3.63) is 35.4 Å². The smallest absolute Gasteiger partial charge is 0.317 e. The van der Waals surface area contributed by atoms with Gasteiger partial charge in [-0.25, -0.2) is 4.79 Å². The maximum absolute atomic E-state index is 12.1. The number of urea groups is 1. The maximum atomic E-state index is 12.1. The molecule has 0 spiro atoms. The maximum Gasteiger partial charge on any atom is 0.317 e. The lowest BCUT2D eigenvalue weighted by atomic mass is 10.0. The highest BCUT2D eigenvalue weighted by molar-refractivity contribution is 5.76. The van der Waals surface area contributed by atoms with Crippen molar-refractivity contribution < 1.29 is 14.7 Å². The third-order valence-electron chi connectivity index (χ3n) is 3.50. The quantitative estimate of drug-likeness (QED) is 0.847. The molecule has 0 aromatic heterocycles. The minimum absolute atomic E-state index is 0.0688. The molecule has 0 aliphatic heterocycles. The van der Waals surface area contributed by atoms with Gasteiger partial charge in [0.05, 0.1) is 12.0 Å². The summed E-state index contributed by atoms with van der Waals surface area (Å²) in [5.41, 5.74) is 2.23. The van der Waals surface area contributed by atoms with Crippen LogP contribution in [0, 0.1) is 12.8 Å². The molecule has 1 aromatic carbocycles. The van der Waals surface area contributed by atoms with Crippen molar-refractivity contribution in [1.82, 2.24) is 10.2 Å². The second-order valence-corrected chi connectivity index (χ2v) is 5.44. The number of rotatable bonds is 6. The normalized spacial score (nSPS) is 13.3. The van der Waals surface area contributed by atoms with E-state index in [0.717, 1.165) is 12.0 Å². The predicted octanol–water partition coefficient (Wildman–Crippen LogP) is 2.81. The second-order valence-electron chi connectivity index (χ2n) is 5.44. The van der Waals surface area contributed by atoms with Crippen molar-refractivity contribution in [1.29, 1.82) is 0 Å². The Balaban J connectivity index is 2.66. The Labute approximate surface area is 126 Å². The highest BCUT2D eigenvalue weighted by Gasteiger charge is 2.19. The molecule has 0 aliphatic carbocycles. The van der Waals surface area contributed by atoms with Gasteiger partial charge < -0.3 is 15.3 Å². The molecular formula is C16H24N2O3. The van der Waals surface area contributed by atoms with Crippen LogP contribution in [0.2, 0.25) is 0 Å². The number of hydrogen-bond acceptors (Lipinski definition) is 2. The van der Waals surface area contributed by atoms with E-state index in [1.54, 1.807) is 14.0 Å². The Kier molecular flexibility index (Phi) is 6.21. The average Bonchev–Trinajstić information content (AvgIpc) is 2.45. The van der Waals surface area contributed by atoms with Gasteiger partial charge in [-0.15, -0.1) is 0 Å². The molecule has 1 aromatic rings. The van der Waals surface area contributed by atoms with E-state index >= 15 is 0 Å². The molecule has 5 heteroatoms. The van der Waals surface area contributed by atoms with Gasteiger partial charge in [0.2, 0.25) is 0 Å².